The summed E-state index contributed by atoms with van der Waals surface area (Å²) in [6.07, 6.45) is 13.2. The van der Waals surface area contributed by atoms with Crippen LogP contribution in [0.2, 0.25) is 0 Å². The van der Waals surface area contributed by atoms with E-state index in [0.717, 1.165) is 11.8 Å². The number of nitrogens with one attached hydrogen (secondary N) is 1. The molecular weight excluding hydrogens is 158 g/mol. The molecular formula is C12H21N. The summed E-state index contributed by atoms with van der Waals surface area (Å²) in [5, 5.41) is 3.44. The average molecular weight is 179 g/mol. The van der Waals surface area contributed by atoms with Crippen molar-refractivity contribution in [3.8, 4) is 0 Å². The Balaban J connectivity index is 1.72. The third-order valence-corrected chi connectivity index (χ3v) is 3.50. The Labute approximate surface area is 81.6 Å². The Morgan fingerprint density at radius 2 is 1.85 bits per heavy atom. The molecule has 1 heterocycles. The number of hydrogen-bond donors (Lipinski definition) is 1. The number of rotatable bonds is 2. The van der Waals surface area contributed by atoms with Crippen molar-refractivity contribution >= 4 is 0 Å². The first-order valence-corrected chi connectivity index (χ1v) is 5.81. The molecule has 1 unspecified atom stereocenters. The van der Waals surface area contributed by atoms with Crippen LogP contribution in [0.1, 0.15) is 38.5 Å². The second-order valence-corrected chi connectivity index (χ2v) is 4.58. The van der Waals surface area contributed by atoms with E-state index in [2.05, 4.69) is 17.5 Å². The zero-order valence-corrected chi connectivity index (χ0v) is 8.47. The number of hydrogen-bond acceptors (Lipinski definition) is 1. The van der Waals surface area contributed by atoms with Crippen molar-refractivity contribution in [3.63, 3.8) is 0 Å². The van der Waals surface area contributed by atoms with Gasteiger partial charge in [0.25, 0.3) is 0 Å². The van der Waals surface area contributed by atoms with Crippen LogP contribution in [0, 0.1) is 11.8 Å². The summed E-state index contributed by atoms with van der Waals surface area (Å²) in [5.41, 5.74) is 0. The smallest absolute Gasteiger partial charge is 0.00463 e. The van der Waals surface area contributed by atoms with E-state index >= 15 is 0 Å². The van der Waals surface area contributed by atoms with Crippen molar-refractivity contribution in [2.75, 3.05) is 13.1 Å². The second-order valence-electron chi connectivity index (χ2n) is 4.58. The molecule has 1 fully saturated rings. The standard InChI is InChI=1S/C12H21N/c1-2-4-11(5-3-1)10-12-6-8-13-9-7-12/h1-2,11-13H,3-10H2. The molecule has 0 bridgehead atoms. The van der Waals surface area contributed by atoms with E-state index in [0.29, 0.717) is 0 Å². The zero-order valence-electron chi connectivity index (χ0n) is 8.47. The Hall–Kier alpha value is -0.300. The highest BCUT2D eigenvalue weighted by Gasteiger charge is 2.18. The SMILES string of the molecule is C1=CCC(CC2CCNCC2)CC1. The minimum atomic E-state index is 1.01. The highest BCUT2D eigenvalue weighted by Crippen LogP contribution is 2.28. The Kier molecular flexibility index (Phi) is 3.42. The van der Waals surface area contributed by atoms with Crippen molar-refractivity contribution in [2.24, 2.45) is 11.8 Å². The first-order valence-electron chi connectivity index (χ1n) is 5.81. The van der Waals surface area contributed by atoms with E-state index in [4.69, 9.17) is 0 Å². The zero-order chi connectivity index (χ0) is 8.93. The molecule has 1 nitrogen and oxygen atoms in total. The fourth-order valence-electron chi connectivity index (χ4n) is 2.66. The fourth-order valence-corrected chi connectivity index (χ4v) is 2.66. The predicted molar refractivity (Wildman–Crippen MR) is 56.7 cm³/mol. The molecule has 0 aromatic rings. The minimum absolute atomic E-state index is 1.01. The maximum atomic E-state index is 3.44. The highest BCUT2D eigenvalue weighted by molar-refractivity contribution is 4.90. The van der Waals surface area contributed by atoms with Crippen LogP contribution in [0.5, 0.6) is 0 Å². The van der Waals surface area contributed by atoms with Crippen LogP contribution in [0.15, 0.2) is 12.2 Å². The topological polar surface area (TPSA) is 12.0 Å². The summed E-state index contributed by atoms with van der Waals surface area (Å²) in [6.45, 7) is 2.51. The number of piperidine rings is 1. The molecule has 1 aliphatic carbocycles. The molecule has 0 amide bonds. The van der Waals surface area contributed by atoms with Crippen LogP contribution >= 0.6 is 0 Å². The van der Waals surface area contributed by atoms with Crippen LogP contribution in [-0.2, 0) is 0 Å². The van der Waals surface area contributed by atoms with Crippen LogP contribution < -0.4 is 5.32 Å². The van der Waals surface area contributed by atoms with E-state index in [1.165, 1.54) is 51.6 Å². The lowest BCUT2D eigenvalue weighted by Crippen LogP contribution is -2.28. The molecule has 13 heavy (non-hydrogen) atoms. The molecule has 1 N–H and O–H groups in total. The highest BCUT2D eigenvalue weighted by atomic mass is 14.9. The van der Waals surface area contributed by atoms with Crippen molar-refractivity contribution in [1.29, 1.82) is 0 Å². The number of allylic oxidation sites excluding steroid dienone is 2. The Bertz CT molecular complexity index is 168. The van der Waals surface area contributed by atoms with Gasteiger partial charge in [0.05, 0.1) is 0 Å². The Morgan fingerprint density at radius 3 is 2.54 bits per heavy atom. The van der Waals surface area contributed by atoms with Gasteiger partial charge < -0.3 is 5.32 Å². The largest absolute Gasteiger partial charge is 0.317 e. The lowest BCUT2D eigenvalue weighted by Gasteiger charge is -2.27. The van der Waals surface area contributed by atoms with Gasteiger partial charge in [-0.2, -0.15) is 0 Å². The minimum Gasteiger partial charge on any atom is -0.317 e. The predicted octanol–water partition coefficient (Wildman–Crippen LogP) is 2.73. The van der Waals surface area contributed by atoms with E-state index in [1.54, 1.807) is 0 Å². The Morgan fingerprint density at radius 1 is 1.00 bits per heavy atom. The van der Waals surface area contributed by atoms with Gasteiger partial charge in [-0.3, -0.25) is 0 Å². The molecule has 0 spiro atoms. The monoisotopic (exact) mass is 179 g/mol. The summed E-state index contributed by atoms with van der Waals surface area (Å²) in [5.74, 6) is 2.03. The lowest BCUT2D eigenvalue weighted by atomic mass is 9.82. The van der Waals surface area contributed by atoms with Gasteiger partial charge in [-0.25, -0.2) is 0 Å². The maximum absolute atomic E-state index is 3.44. The lowest BCUT2D eigenvalue weighted by molar-refractivity contribution is 0.287. The molecule has 0 aromatic heterocycles. The molecule has 1 heteroatoms. The molecule has 1 atom stereocenters. The van der Waals surface area contributed by atoms with E-state index in [9.17, 15) is 0 Å². The van der Waals surface area contributed by atoms with Gasteiger partial charge in [-0.15, -0.1) is 0 Å². The molecule has 2 aliphatic rings. The van der Waals surface area contributed by atoms with Gasteiger partial charge in [0.2, 0.25) is 0 Å². The van der Waals surface area contributed by atoms with E-state index in [-0.39, 0.29) is 0 Å². The first-order chi connectivity index (χ1) is 6.45. The van der Waals surface area contributed by atoms with Crippen molar-refractivity contribution in [2.45, 2.75) is 38.5 Å². The summed E-state index contributed by atoms with van der Waals surface area (Å²) in [7, 11) is 0. The molecule has 0 radical (unpaired) electrons. The fraction of sp³-hybridized carbons (Fsp3) is 0.833. The van der Waals surface area contributed by atoms with Crippen LogP contribution in [0.4, 0.5) is 0 Å². The van der Waals surface area contributed by atoms with Gasteiger partial charge in [0.1, 0.15) is 0 Å². The molecule has 74 valence electrons. The summed E-state index contributed by atoms with van der Waals surface area (Å²) >= 11 is 0. The van der Waals surface area contributed by atoms with E-state index in [1.807, 2.05) is 0 Å². The third kappa shape index (κ3) is 2.84. The molecule has 2 rings (SSSR count). The van der Waals surface area contributed by atoms with E-state index < -0.39 is 0 Å². The van der Waals surface area contributed by atoms with Crippen molar-refractivity contribution < 1.29 is 0 Å². The van der Waals surface area contributed by atoms with Crippen LogP contribution in [0.25, 0.3) is 0 Å². The van der Waals surface area contributed by atoms with Crippen LogP contribution in [0.3, 0.4) is 0 Å². The van der Waals surface area contributed by atoms with Crippen molar-refractivity contribution in [3.05, 3.63) is 12.2 Å². The maximum Gasteiger partial charge on any atom is -0.00463 e. The molecule has 0 aromatic carbocycles. The second kappa shape index (κ2) is 4.80. The van der Waals surface area contributed by atoms with Gasteiger partial charge in [-0.05, 0) is 63.5 Å². The average Bonchev–Trinajstić information content (AvgIpc) is 2.21. The normalized spacial score (nSPS) is 30.6. The third-order valence-electron chi connectivity index (χ3n) is 3.50. The van der Waals surface area contributed by atoms with Crippen LogP contribution in [-0.4, -0.2) is 13.1 Å². The summed E-state index contributed by atoms with van der Waals surface area (Å²) in [6, 6.07) is 0. The van der Waals surface area contributed by atoms with Gasteiger partial charge >= 0.3 is 0 Å². The molecule has 0 saturated carbocycles. The molecule has 1 aliphatic heterocycles. The molecule has 1 saturated heterocycles. The van der Waals surface area contributed by atoms with Gasteiger partial charge in [0, 0.05) is 0 Å². The first kappa shape index (κ1) is 9.26. The quantitative estimate of drug-likeness (QED) is 0.643. The van der Waals surface area contributed by atoms with Gasteiger partial charge in [0.15, 0.2) is 0 Å². The summed E-state index contributed by atoms with van der Waals surface area (Å²) in [4.78, 5) is 0. The summed E-state index contributed by atoms with van der Waals surface area (Å²) < 4.78 is 0. The van der Waals surface area contributed by atoms with Gasteiger partial charge in [-0.1, -0.05) is 12.2 Å². The van der Waals surface area contributed by atoms with Crippen molar-refractivity contribution in [1.82, 2.24) is 5.32 Å².